The molecule has 0 amide bonds. The first-order valence-corrected chi connectivity index (χ1v) is 7.91. The summed E-state index contributed by atoms with van der Waals surface area (Å²) in [6.07, 6.45) is -3.60. The lowest BCUT2D eigenvalue weighted by Crippen LogP contribution is -2.44. The molecule has 4 nitrogen and oxygen atoms in total. The summed E-state index contributed by atoms with van der Waals surface area (Å²) >= 11 is 0. The molecule has 25 heavy (non-hydrogen) atoms. The first-order chi connectivity index (χ1) is 11.9. The molecule has 4 rings (SSSR count). The average molecular weight is 347 g/mol. The van der Waals surface area contributed by atoms with Crippen molar-refractivity contribution in [1.82, 2.24) is 5.53 Å². The zero-order chi connectivity index (χ0) is 17.8. The van der Waals surface area contributed by atoms with Gasteiger partial charge in [0.25, 0.3) is 0 Å². The monoisotopic (exact) mass is 347 g/mol. The van der Waals surface area contributed by atoms with Gasteiger partial charge < -0.3 is 5.11 Å². The van der Waals surface area contributed by atoms with Crippen LogP contribution in [0.1, 0.15) is 18.1 Å². The highest BCUT2D eigenvalue weighted by Crippen LogP contribution is 2.40. The number of aliphatic hydroxyl groups excluding tert-OH is 1. The summed E-state index contributed by atoms with van der Waals surface area (Å²) in [6, 6.07) is 12.5. The number of halogens is 3. The Balaban J connectivity index is 1.71. The summed E-state index contributed by atoms with van der Waals surface area (Å²) in [6.45, 7) is 2.01. The number of hydrogen-bond donors (Lipinski definition) is 2. The molecule has 0 aromatic heterocycles. The van der Waals surface area contributed by atoms with E-state index in [2.05, 4.69) is 5.53 Å². The van der Waals surface area contributed by atoms with Gasteiger partial charge in [-0.05, 0) is 42.3 Å². The molecule has 0 saturated carbocycles. The Bertz CT molecular complexity index is 845. The maximum absolute atomic E-state index is 12.7. The number of rotatable bonds is 1. The van der Waals surface area contributed by atoms with Crippen molar-refractivity contribution >= 4 is 11.4 Å². The molecule has 0 spiro atoms. The molecule has 0 radical (unpaired) electrons. The van der Waals surface area contributed by atoms with Gasteiger partial charge >= 0.3 is 6.18 Å². The maximum atomic E-state index is 12.7. The minimum absolute atomic E-state index is 0.00163. The fourth-order valence-corrected chi connectivity index (χ4v) is 3.35. The average Bonchev–Trinajstić information content (AvgIpc) is 2.93. The summed E-state index contributed by atoms with van der Waals surface area (Å²) in [7, 11) is 0. The van der Waals surface area contributed by atoms with Crippen LogP contribution in [0, 0.1) is 5.92 Å². The lowest BCUT2D eigenvalue weighted by atomic mass is 9.92. The van der Waals surface area contributed by atoms with Crippen LogP contribution in [-0.2, 0) is 12.6 Å². The summed E-state index contributed by atoms with van der Waals surface area (Å²) in [5.74, 6) is 0.0728. The number of fused-ring (bicyclic) bond motifs is 3. The number of nitrogens with one attached hydrogen (secondary N) is 1. The van der Waals surface area contributed by atoms with E-state index in [4.69, 9.17) is 0 Å². The lowest BCUT2D eigenvalue weighted by molar-refractivity contribution is -0.137. The normalized spacial score (nSPS) is 19.9. The van der Waals surface area contributed by atoms with E-state index in [0.29, 0.717) is 11.4 Å². The van der Waals surface area contributed by atoms with Crippen LogP contribution in [-0.4, -0.2) is 5.11 Å². The molecule has 2 N–H and O–H groups in total. The van der Waals surface area contributed by atoms with Crippen LogP contribution in [0.2, 0.25) is 0 Å². The Morgan fingerprint density at radius 1 is 1.04 bits per heavy atom. The zero-order valence-corrected chi connectivity index (χ0v) is 13.4. The van der Waals surface area contributed by atoms with E-state index in [-0.39, 0.29) is 11.8 Å². The number of nitrogens with zero attached hydrogens (tertiary/aromatic N) is 2. The summed E-state index contributed by atoms with van der Waals surface area (Å²) < 4.78 is 38.2. The fourth-order valence-electron chi connectivity index (χ4n) is 3.35. The quantitative estimate of drug-likeness (QED) is 0.803. The van der Waals surface area contributed by atoms with E-state index in [1.807, 2.05) is 31.2 Å². The third-order valence-corrected chi connectivity index (χ3v) is 4.56. The molecule has 2 aromatic rings. The highest BCUT2D eigenvalue weighted by Gasteiger charge is 2.38. The van der Waals surface area contributed by atoms with Gasteiger partial charge in [0.1, 0.15) is 5.70 Å². The molecule has 2 aliphatic heterocycles. The van der Waals surface area contributed by atoms with E-state index in [1.165, 1.54) is 17.1 Å². The smallest absolute Gasteiger partial charge is 0.416 e. The number of aliphatic hydroxyl groups is 1. The Morgan fingerprint density at radius 3 is 2.40 bits per heavy atom. The fraction of sp³-hybridized carbons (Fsp3) is 0.222. The van der Waals surface area contributed by atoms with Gasteiger partial charge in [-0.1, -0.05) is 25.1 Å². The van der Waals surface area contributed by atoms with Crippen molar-refractivity contribution in [1.29, 1.82) is 0 Å². The van der Waals surface area contributed by atoms with E-state index >= 15 is 0 Å². The predicted octanol–water partition coefficient (Wildman–Crippen LogP) is 4.37. The van der Waals surface area contributed by atoms with Crippen molar-refractivity contribution in [2.45, 2.75) is 19.5 Å². The zero-order valence-electron chi connectivity index (χ0n) is 13.4. The minimum Gasteiger partial charge on any atom is -0.492 e. The molecule has 0 saturated heterocycles. The second-order valence-electron chi connectivity index (χ2n) is 6.26. The van der Waals surface area contributed by atoms with Crippen molar-refractivity contribution < 1.29 is 18.3 Å². The first kappa shape index (κ1) is 15.8. The summed E-state index contributed by atoms with van der Waals surface area (Å²) in [5, 5.41) is 13.8. The molecule has 0 bridgehead atoms. The summed E-state index contributed by atoms with van der Waals surface area (Å²) in [4.78, 5) is 0. The van der Waals surface area contributed by atoms with E-state index in [9.17, 15) is 18.3 Å². The number of benzene rings is 2. The topological polar surface area (TPSA) is 38.7 Å². The van der Waals surface area contributed by atoms with Gasteiger partial charge in [0.05, 0.1) is 16.9 Å². The van der Waals surface area contributed by atoms with Crippen LogP contribution >= 0.6 is 0 Å². The van der Waals surface area contributed by atoms with E-state index < -0.39 is 11.7 Å². The molecule has 1 unspecified atom stereocenters. The number of allylic oxidation sites excluding steroid dienone is 1. The van der Waals surface area contributed by atoms with Crippen LogP contribution in [0.3, 0.4) is 0 Å². The molecule has 7 heteroatoms. The largest absolute Gasteiger partial charge is 0.492 e. The second kappa shape index (κ2) is 5.42. The molecule has 130 valence electrons. The number of para-hydroxylation sites is 1. The molecule has 2 heterocycles. The Morgan fingerprint density at radius 2 is 1.72 bits per heavy atom. The van der Waals surface area contributed by atoms with Crippen LogP contribution < -0.4 is 15.6 Å². The molecule has 1 atom stereocenters. The van der Waals surface area contributed by atoms with E-state index in [1.54, 1.807) is 5.01 Å². The number of hydrazine groups is 2. The minimum atomic E-state index is -4.39. The van der Waals surface area contributed by atoms with Gasteiger partial charge in [-0.15, -0.1) is 5.53 Å². The number of alkyl halides is 3. The lowest BCUT2D eigenvalue weighted by Gasteiger charge is -2.32. The third kappa shape index (κ3) is 2.51. The Hall–Kier alpha value is -2.67. The molecular weight excluding hydrogens is 331 g/mol. The first-order valence-electron chi connectivity index (χ1n) is 7.91. The maximum Gasteiger partial charge on any atom is 0.416 e. The van der Waals surface area contributed by atoms with Crippen LogP contribution in [0.25, 0.3) is 0 Å². The van der Waals surface area contributed by atoms with Gasteiger partial charge in [0, 0.05) is 5.92 Å². The van der Waals surface area contributed by atoms with Crippen molar-refractivity contribution in [3.05, 3.63) is 71.2 Å². The van der Waals surface area contributed by atoms with Crippen molar-refractivity contribution in [2.24, 2.45) is 5.92 Å². The Kier molecular flexibility index (Phi) is 3.43. The van der Waals surface area contributed by atoms with E-state index in [0.717, 1.165) is 29.8 Å². The second-order valence-corrected chi connectivity index (χ2v) is 6.26. The SMILES string of the molecule is CC1Cc2ccccc2N2NN(c3ccc(C(F)(F)F)cc3)C(O)=C12. The number of anilines is 2. The van der Waals surface area contributed by atoms with Gasteiger partial charge in [-0.2, -0.15) is 13.2 Å². The van der Waals surface area contributed by atoms with Gasteiger partial charge in [0.2, 0.25) is 5.88 Å². The molecular formula is C18H16F3N3O. The van der Waals surface area contributed by atoms with Gasteiger partial charge in [-0.3, -0.25) is 5.01 Å². The highest BCUT2D eigenvalue weighted by atomic mass is 19.4. The van der Waals surface area contributed by atoms with Crippen molar-refractivity contribution in [3.8, 4) is 0 Å². The standard InChI is InChI=1S/C18H16F3N3O/c1-11-10-12-4-2-3-5-15(12)24-16(11)17(25)23(22-24)14-8-6-13(7-9-14)18(19,20)21/h2-9,11,22,25H,10H2,1H3. The van der Waals surface area contributed by atoms with Crippen molar-refractivity contribution in [3.63, 3.8) is 0 Å². The van der Waals surface area contributed by atoms with Gasteiger partial charge in [-0.25, -0.2) is 5.01 Å². The molecule has 2 aliphatic rings. The predicted molar refractivity (Wildman–Crippen MR) is 88.5 cm³/mol. The number of hydrogen-bond acceptors (Lipinski definition) is 4. The molecule has 2 aromatic carbocycles. The third-order valence-electron chi connectivity index (χ3n) is 4.56. The van der Waals surface area contributed by atoms with Gasteiger partial charge in [0.15, 0.2) is 0 Å². The molecule has 0 fully saturated rings. The van der Waals surface area contributed by atoms with Crippen LogP contribution in [0.15, 0.2) is 60.1 Å². The van der Waals surface area contributed by atoms with Crippen LogP contribution in [0.5, 0.6) is 0 Å². The molecule has 0 aliphatic carbocycles. The van der Waals surface area contributed by atoms with Crippen LogP contribution in [0.4, 0.5) is 24.5 Å². The summed E-state index contributed by atoms with van der Waals surface area (Å²) in [5.41, 5.74) is 5.55. The van der Waals surface area contributed by atoms with Crippen molar-refractivity contribution in [2.75, 3.05) is 10.0 Å². The highest BCUT2D eigenvalue weighted by molar-refractivity contribution is 5.66. The Labute approximate surface area is 142 Å².